The number of rotatable bonds is 0. The fourth-order valence-corrected chi connectivity index (χ4v) is 5.22. The minimum atomic E-state index is 0.314. The van der Waals surface area contributed by atoms with E-state index in [-0.39, 0.29) is 0 Å². The highest BCUT2D eigenvalue weighted by atomic mass is 32.2. The van der Waals surface area contributed by atoms with Gasteiger partial charge in [-0.05, 0) is 24.7 Å². The van der Waals surface area contributed by atoms with Crippen LogP contribution in [0, 0.1) is 17.8 Å². The second-order valence-corrected chi connectivity index (χ2v) is 6.16. The molecule has 3 rings (SSSR count). The van der Waals surface area contributed by atoms with Gasteiger partial charge < -0.3 is 0 Å². The molecule has 0 radical (unpaired) electrons. The molecule has 2 saturated carbocycles. The zero-order valence-corrected chi connectivity index (χ0v) is 7.77. The van der Waals surface area contributed by atoms with Gasteiger partial charge in [-0.1, -0.05) is 0 Å². The highest BCUT2D eigenvalue weighted by molar-refractivity contribution is 7.92. The normalized spacial score (nSPS) is 60.3. The lowest BCUT2D eigenvalue weighted by molar-refractivity contribution is 0.183. The van der Waals surface area contributed by atoms with Crippen molar-refractivity contribution in [3.63, 3.8) is 0 Å². The predicted octanol–water partition coefficient (Wildman–Crippen LogP) is 1.59. The van der Waals surface area contributed by atoms with E-state index in [0.29, 0.717) is 11.2 Å². The molecular weight excluding hydrogens is 156 g/mol. The first-order chi connectivity index (χ1) is 5.34. The maximum atomic E-state index is 5.77. The number of hydrogen-bond donors (Lipinski definition) is 0. The maximum absolute atomic E-state index is 5.77. The molecule has 1 saturated heterocycles. The van der Waals surface area contributed by atoms with Crippen molar-refractivity contribution in [2.45, 2.75) is 24.5 Å². The van der Waals surface area contributed by atoms with E-state index in [9.17, 15) is 0 Å². The zero-order chi connectivity index (χ0) is 7.42. The standard InChI is InChI=1S/C9H15OS/c1-11-9-4-6-2-7(5-10-11)8(9)3-6/h6-9H,2-5H2,1H3/q+1/t6-,7-,8-,9-,11?/m1/s1. The van der Waals surface area contributed by atoms with Gasteiger partial charge in [0.15, 0.2) is 5.25 Å². The van der Waals surface area contributed by atoms with Crippen molar-refractivity contribution >= 4 is 11.2 Å². The Hall–Kier alpha value is 0.310. The van der Waals surface area contributed by atoms with E-state index >= 15 is 0 Å². The first-order valence-corrected chi connectivity index (χ1v) is 6.24. The molecular formula is C9H15OS+. The SMILES string of the molecule is C[S+]1OC[C@H]2C[C@@H]3C[C@H]2[C@H]1C3. The van der Waals surface area contributed by atoms with Crippen molar-refractivity contribution in [3.8, 4) is 0 Å². The first kappa shape index (κ1) is 6.79. The third kappa shape index (κ3) is 0.829. The van der Waals surface area contributed by atoms with Crippen LogP contribution in [0.3, 0.4) is 0 Å². The molecule has 1 nitrogen and oxygen atoms in total. The summed E-state index contributed by atoms with van der Waals surface area (Å²) in [6.45, 7) is 1.08. The second-order valence-electron chi connectivity index (χ2n) is 4.32. The van der Waals surface area contributed by atoms with Gasteiger partial charge in [-0.2, -0.15) is 4.18 Å². The number of fused-ring (bicyclic) bond motifs is 1. The van der Waals surface area contributed by atoms with Crippen molar-refractivity contribution in [2.75, 3.05) is 12.9 Å². The van der Waals surface area contributed by atoms with Gasteiger partial charge in [0.2, 0.25) is 0 Å². The van der Waals surface area contributed by atoms with E-state index in [0.717, 1.165) is 29.6 Å². The van der Waals surface area contributed by atoms with Gasteiger partial charge in [-0.15, -0.1) is 0 Å². The summed E-state index contributed by atoms with van der Waals surface area (Å²) in [5.74, 6) is 3.12. The summed E-state index contributed by atoms with van der Waals surface area (Å²) in [7, 11) is 0. The Morgan fingerprint density at radius 1 is 1.27 bits per heavy atom. The summed E-state index contributed by atoms with van der Waals surface area (Å²) in [6, 6.07) is 0. The fourth-order valence-electron chi connectivity index (χ4n) is 3.28. The minimum absolute atomic E-state index is 0.314. The summed E-state index contributed by atoms with van der Waals surface area (Å²) in [6.07, 6.45) is 6.80. The van der Waals surface area contributed by atoms with Crippen LogP contribution < -0.4 is 0 Å². The third-order valence-electron chi connectivity index (χ3n) is 3.78. The molecule has 5 atom stereocenters. The van der Waals surface area contributed by atoms with Gasteiger partial charge >= 0.3 is 0 Å². The smallest absolute Gasteiger partial charge is 0.154 e. The minimum Gasteiger partial charge on any atom is -0.174 e. The largest absolute Gasteiger partial charge is 0.174 e. The van der Waals surface area contributed by atoms with E-state index in [2.05, 4.69) is 6.26 Å². The Labute approximate surface area is 71.1 Å². The van der Waals surface area contributed by atoms with Crippen molar-refractivity contribution in [2.24, 2.45) is 17.8 Å². The van der Waals surface area contributed by atoms with Gasteiger partial charge in [-0.3, -0.25) is 0 Å². The van der Waals surface area contributed by atoms with Gasteiger partial charge in [-0.25, -0.2) is 0 Å². The molecule has 3 fully saturated rings. The molecule has 0 amide bonds. The van der Waals surface area contributed by atoms with Crippen LogP contribution in [0.15, 0.2) is 0 Å². The Kier molecular flexibility index (Phi) is 1.34. The Morgan fingerprint density at radius 3 is 2.91 bits per heavy atom. The lowest BCUT2D eigenvalue weighted by Gasteiger charge is -2.31. The summed E-state index contributed by atoms with van der Waals surface area (Å²) in [4.78, 5) is 0. The quantitative estimate of drug-likeness (QED) is 0.503. The molecule has 2 bridgehead atoms. The molecule has 1 heterocycles. The number of hydrogen-bond acceptors (Lipinski definition) is 1. The van der Waals surface area contributed by atoms with E-state index in [1.807, 2.05) is 0 Å². The third-order valence-corrected chi connectivity index (χ3v) is 5.69. The zero-order valence-electron chi connectivity index (χ0n) is 6.95. The van der Waals surface area contributed by atoms with Crippen molar-refractivity contribution in [1.29, 1.82) is 0 Å². The van der Waals surface area contributed by atoms with E-state index < -0.39 is 0 Å². The van der Waals surface area contributed by atoms with Gasteiger partial charge in [0, 0.05) is 12.3 Å². The molecule has 62 valence electrons. The van der Waals surface area contributed by atoms with E-state index in [1.54, 1.807) is 0 Å². The topological polar surface area (TPSA) is 9.23 Å². The predicted molar refractivity (Wildman–Crippen MR) is 47.4 cm³/mol. The van der Waals surface area contributed by atoms with Crippen LogP contribution in [0.1, 0.15) is 19.3 Å². The van der Waals surface area contributed by atoms with Crippen molar-refractivity contribution in [1.82, 2.24) is 0 Å². The van der Waals surface area contributed by atoms with E-state index in [4.69, 9.17) is 4.18 Å². The van der Waals surface area contributed by atoms with Crippen LogP contribution in [-0.4, -0.2) is 18.1 Å². The summed E-state index contributed by atoms with van der Waals surface area (Å²) < 4.78 is 5.77. The Balaban J connectivity index is 1.90. The van der Waals surface area contributed by atoms with Crippen LogP contribution in [0.2, 0.25) is 0 Å². The monoisotopic (exact) mass is 171 g/mol. The summed E-state index contributed by atoms with van der Waals surface area (Å²) in [5, 5.41) is 0.965. The van der Waals surface area contributed by atoms with Crippen molar-refractivity contribution in [3.05, 3.63) is 0 Å². The molecule has 0 spiro atoms. The molecule has 1 aliphatic heterocycles. The maximum Gasteiger partial charge on any atom is 0.154 e. The highest BCUT2D eigenvalue weighted by Crippen LogP contribution is 2.53. The Bertz CT molecular complexity index is 182. The van der Waals surface area contributed by atoms with Gasteiger partial charge in [0.25, 0.3) is 0 Å². The molecule has 2 aliphatic carbocycles. The van der Waals surface area contributed by atoms with Crippen LogP contribution in [0.5, 0.6) is 0 Å². The molecule has 0 aromatic heterocycles. The van der Waals surface area contributed by atoms with Crippen LogP contribution in [-0.2, 0) is 15.4 Å². The second kappa shape index (κ2) is 2.17. The van der Waals surface area contributed by atoms with Crippen LogP contribution >= 0.6 is 0 Å². The molecule has 11 heavy (non-hydrogen) atoms. The summed E-state index contributed by atoms with van der Waals surface area (Å²) in [5.41, 5.74) is 0. The summed E-state index contributed by atoms with van der Waals surface area (Å²) >= 11 is 0.314. The average molecular weight is 171 g/mol. The molecule has 2 heteroatoms. The van der Waals surface area contributed by atoms with Crippen LogP contribution in [0.25, 0.3) is 0 Å². The van der Waals surface area contributed by atoms with Crippen molar-refractivity contribution < 1.29 is 4.18 Å². The van der Waals surface area contributed by atoms with E-state index in [1.165, 1.54) is 19.3 Å². The fraction of sp³-hybridized carbons (Fsp3) is 1.00. The van der Waals surface area contributed by atoms with Gasteiger partial charge in [0.1, 0.15) is 24.0 Å². The Morgan fingerprint density at radius 2 is 2.18 bits per heavy atom. The molecule has 3 aliphatic rings. The molecule has 0 aromatic carbocycles. The lowest BCUT2D eigenvalue weighted by atomic mass is 9.89. The molecule has 0 aromatic rings. The molecule has 1 unspecified atom stereocenters. The first-order valence-electron chi connectivity index (χ1n) is 4.62. The van der Waals surface area contributed by atoms with Crippen LogP contribution in [0.4, 0.5) is 0 Å². The average Bonchev–Trinajstić information content (AvgIpc) is 2.54. The highest BCUT2D eigenvalue weighted by Gasteiger charge is 2.56. The van der Waals surface area contributed by atoms with Gasteiger partial charge in [0.05, 0.1) is 0 Å². The molecule has 0 N–H and O–H groups in total. The lowest BCUT2D eigenvalue weighted by Crippen LogP contribution is -2.40.